The number of nitrogens with zero attached hydrogens (tertiary/aromatic N) is 1. The van der Waals surface area contributed by atoms with E-state index in [1.165, 1.54) is 11.0 Å². The van der Waals surface area contributed by atoms with Crippen molar-refractivity contribution in [1.29, 1.82) is 0 Å². The van der Waals surface area contributed by atoms with Gasteiger partial charge in [-0.2, -0.15) is 0 Å². The Balaban J connectivity index is 1.88. The zero-order valence-electron chi connectivity index (χ0n) is 13.2. The van der Waals surface area contributed by atoms with Gasteiger partial charge in [0.1, 0.15) is 12.4 Å². The van der Waals surface area contributed by atoms with Gasteiger partial charge in [0.05, 0.1) is 13.0 Å². The Hall–Kier alpha value is -2.60. The number of fused-ring (bicyclic) bond motifs is 1. The van der Waals surface area contributed by atoms with Crippen LogP contribution in [0.25, 0.3) is 0 Å². The van der Waals surface area contributed by atoms with Gasteiger partial charge >= 0.3 is 5.97 Å². The third-order valence-corrected chi connectivity index (χ3v) is 4.25. The molecule has 0 radical (unpaired) electrons. The van der Waals surface area contributed by atoms with Crippen LogP contribution in [0.1, 0.15) is 18.4 Å². The van der Waals surface area contributed by atoms with Gasteiger partial charge in [0.25, 0.3) is 0 Å². The minimum absolute atomic E-state index is 0.0949. The summed E-state index contributed by atoms with van der Waals surface area (Å²) >= 11 is 0. The molecule has 6 heteroatoms. The quantitative estimate of drug-likeness (QED) is 0.486. The van der Waals surface area contributed by atoms with Crippen LogP contribution < -0.4 is 0 Å². The number of esters is 1. The van der Waals surface area contributed by atoms with Crippen molar-refractivity contribution in [2.75, 3.05) is 6.61 Å². The molecule has 0 spiro atoms. The standard InChI is InChI=1S/C18H19NO5/c1-2-9-18(17(22)23-12-13-6-4-3-5-7-13)14(8-10-20)24-16-11-15(21)19(16)18/h2-8,16,20H,1,9-12H2/b14-8+/t16-,18?/m1/s1. The SMILES string of the molecule is C=CCC1(C(=O)OCc2ccccc2)/C(=C\CO)O[C@@H]2CC(=O)N21. The van der Waals surface area contributed by atoms with Crippen molar-refractivity contribution in [2.24, 2.45) is 0 Å². The van der Waals surface area contributed by atoms with Gasteiger partial charge in [-0.25, -0.2) is 4.79 Å². The smallest absolute Gasteiger partial charge is 0.340 e. The van der Waals surface area contributed by atoms with Crippen LogP contribution in [-0.2, 0) is 25.7 Å². The Kier molecular flexibility index (Phi) is 4.40. The van der Waals surface area contributed by atoms with E-state index in [-0.39, 0.29) is 37.7 Å². The molecule has 3 rings (SSSR count). The fourth-order valence-corrected chi connectivity index (χ4v) is 3.14. The molecule has 1 amide bonds. The summed E-state index contributed by atoms with van der Waals surface area (Å²) in [6, 6.07) is 9.28. The lowest BCUT2D eigenvalue weighted by atomic mass is 9.88. The molecule has 6 nitrogen and oxygen atoms in total. The molecule has 2 atom stereocenters. The molecule has 2 aliphatic heterocycles. The maximum Gasteiger partial charge on any atom is 0.340 e. The third-order valence-electron chi connectivity index (χ3n) is 4.25. The number of aliphatic hydroxyl groups is 1. The van der Waals surface area contributed by atoms with Crippen LogP contribution in [0.2, 0.25) is 0 Å². The van der Waals surface area contributed by atoms with Gasteiger partial charge in [-0.1, -0.05) is 36.4 Å². The molecule has 0 bridgehead atoms. The number of amides is 1. The van der Waals surface area contributed by atoms with Gasteiger partial charge in [-0.15, -0.1) is 6.58 Å². The van der Waals surface area contributed by atoms with E-state index in [9.17, 15) is 14.7 Å². The molecule has 2 aliphatic rings. The fraction of sp³-hybridized carbons (Fsp3) is 0.333. The van der Waals surface area contributed by atoms with E-state index in [0.717, 1.165) is 5.56 Å². The highest BCUT2D eigenvalue weighted by atomic mass is 16.6. The highest BCUT2D eigenvalue weighted by Gasteiger charge is 2.64. The predicted molar refractivity (Wildman–Crippen MR) is 85.3 cm³/mol. The average molecular weight is 329 g/mol. The maximum atomic E-state index is 12.9. The number of benzene rings is 1. The number of ether oxygens (including phenoxy) is 2. The van der Waals surface area contributed by atoms with Gasteiger partial charge in [-0.05, 0) is 11.6 Å². The highest BCUT2D eigenvalue weighted by molar-refractivity contribution is 5.95. The number of aliphatic hydroxyl groups excluding tert-OH is 1. The Morgan fingerprint density at radius 1 is 1.46 bits per heavy atom. The van der Waals surface area contributed by atoms with Crippen LogP contribution in [0, 0.1) is 0 Å². The lowest BCUT2D eigenvalue weighted by Crippen LogP contribution is -2.62. The van der Waals surface area contributed by atoms with Crippen LogP contribution in [0.3, 0.4) is 0 Å². The molecule has 2 fully saturated rings. The van der Waals surface area contributed by atoms with E-state index in [0.29, 0.717) is 0 Å². The fourth-order valence-electron chi connectivity index (χ4n) is 3.14. The molecule has 1 aromatic rings. The first kappa shape index (κ1) is 16.3. The second kappa shape index (κ2) is 6.49. The number of carbonyl (C=O) groups is 2. The van der Waals surface area contributed by atoms with E-state index >= 15 is 0 Å². The van der Waals surface area contributed by atoms with Crippen molar-refractivity contribution in [3.63, 3.8) is 0 Å². The molecule has 1 N–H and O–H groups in total. The molecule has 126 valence electrons. The molecule has 2 heterocycles. The number of hydrogen-bond acceptors (Lipinski definition) is 5. The minimum atomic E-state index is -1.38. The van der Waals surface area contributed by atoms with Crippen LogP contribution in [0.5, 0.6) is 0 Å². The summed E-state index contributed by atoms with van der Waals surface area (Å²) in [5, 5.41) is 9.24. The minimum Gasteiger partial charge on any atom is -0.471 e. The Labute approximate surface area is 140 Å². The van der Waals surface area contributed by atoms with Gasteiger partial charge in [0.15, 0.2) is 6.23 Å². The van der Waals surface area contributed by atoms with Crippen molar-refractivity contribution >= 4 is 11.9 Å². The molecule has 2 saturated heterocycles. The molecule has 1 unspecified atom stereocenters. The molecule has 0 aromatic heterocycles. The highest BCUT2D eigenvalue weighted by Crippen LogP contribution is 2.46. The summed E-state index contributed by atoms with van der Waals surface area (Å²) in [6.07, 6.45) is 2.84. The monoisotopic (exact) mass is 329 g/mol. The number of β-lactam (4-membered cyclic amide) rings is 1. The first-order valence-electron chi connectivity index (χ1n) is 7.76. The van der Waals surface area contributed by atoms with Crippen LogP contribution in [-0.4, -0.2) is 40.3 Å². The van der Waals surface area contributed by atoms with Gasteiger partial charge in [-0.3, -0.25) is 9.69 Å². The molecule has 0 saturated carbocycles. The third kappa shape index (κ3) is 2.49. The molecule has 24 heavy (non-hydrogen) atoms. The van der Waals surface area contributed by atoms with E-state index in [4.69, 9.17) is 9.47 Å². The van der Waals surface area contributed by atoms with Crippen LogP contribution in [0.15, 0.2) is 54.8 Å². The zero-order valence-corrected chi connectivity index (χ0v) is 13.2. The summed E-state index contributed by atoms with van der Waals surface area (Å²) in [4.78, 5) is 26.3. The number of hydrogen-bond donors (Lipinski definition) is 1. The van der Waals surface area contributed by atoms with E-state index < -0.39 is 17.7 Å². The van der Waals surface area contributed by atoms with Crippen molar-refractivity contribution < 1.29 is 24.2 Å². The molecular weight excluding hydrogens is 310 g/mol. The predicted octanol–water partition coefficient (Wildman–Crippen LogP) is 1.51. The Morgan fingerprint density at radius 3 is 2.83 bits per heavy atom. The first-order chi connectivity index (χ1) is 11.6. The van der Waals surface area contributed by atoms with Crippen molar-refractivity contribution in [1.82, 2.24) is 4.90 Å². The lowest BCUT2D eigenvalue weighted by molar-refractivity contribution is -0.174. The zero-order chi connectivity index (χ0) is 17.2. The maximum absolute atomic E-state index is 12.9. The lowest BCUT2D eigenvalue weighted by Gasteiger charge is -2.40. The largest absolute Gasteiger partial charge is 0.471 e. The van der Waals surface area contributed by atoms with E-state index in [1.54, 1.807) is 6.08 Å². The summed E-state index contributed by atoms with van der Waals surface area (Å²) in [6.45, 7) is 3.48. The molecule has 0 aliphatic carbocycles. The molecule has 1 aromatic carbocycles. The van der Waals surface area contributed by atoms with Crippen molar-refractivity contribution in [2.45, 2.75) is 31.2 Å². The average Bonchev–Trinajstić information content (AvgIpc) is 2.83. The van der Waals surface area contributed by atoms with Crippen molar-refractivity contribution in [3.8, 4) is 0 Å². The second-order valence-electron chi connectivity index (χ2n) is 5.71. The Bertz CT molecular complexity index is 684. The normalized spacial score (nSPS) is 26.5. The number of carbonyl (C=O) groups excluding carboxylic acids is 2. The summed E-state index contributed by atoms with van der Waals surface area (Å²) in [5.41, 5.74) is -0.531. The first-order valence-corrected chi connectivity index (χ1v) is 7.76. The van der Waals surface area contributed by atoms with Gasteiger partial charge in [0.2, 0.25) is 11.4 Å². The Morgan fingerprint density at radius 2 is 2.21 bits per heavy atom. The van der Waals surface area contributed by atoms with Gasteiger partial charge in [0, 0.05) is 6.42 Å². The van der Waals surface area contributed by atoms with E-state index in [2.05, 4.69) is 6.58 Å². The topological polar surface area (TPSA) is 76.1 Å². The summed E-state index contributed by atoms with van der Waals surface area (Å²) in [5.74, 6) is -0.514. The molecular formula is C18H19NO5. The van der Waals surface area contributed by atoms with E-state index in [1.807, 2.05) is 30.3 Å². The van der Waals surface area contributed by atoms with Gasteiger partial charge < -0.3 is 14.6 Å². The summed E-state index contributed by atoms with van der Waals surface area (Å²) < 4.78 is 11.1. The summed E-state index contributed by atoms with van der Waals surface area (Å²) in [7, 11) is 0. The number of rotatable bonds is 6. The second-order valence-corrected chi connectivity index (χ2v) is 5.71. The van der Waals surface area contributed by atoms with Crippen LogP contribution in [0.4, 0.5) is 0 Å². The van der Waals surface area contributed by atoms with Crippen molar-refractivity contribution in [3.05, 3.63) is 60.4 Å². The van der Waals surface area contributed by atoms with Crippen LogP contribution >= 0.6 is 0 Å².